The molecule has 0 radical (unpaired) electrons. The van der Waals surface area contributed by atoms with Crippen LogP contribution >= 0.6 is 11.6 Å². The first kappa shape index (κ1) is 22.3. The molecule has 8 nitrogen and oxygen atoms in total. The van der Waals surface area contributed by atoms with Crippen molar-refractivity contribution in [2.75, 3.05) is 11.1 Å². The minimum absolute atomic E-state index is 0.00311. The number of aromatic nitrogens is 5. The summed E-state index contributed by atoms with van der Waals surface area (Å²) in [6.45, 7) is 3.45. The maximum Gasteiger partial charge on any atom is 0.416 e. The number of fused-ring (bicyclic) bond motifs is 1. The van der Waals surface area contributed by atoms with Gasteiger partial charge in [-0.1, -0.05) is 23.7 Å². The van der Waals surface area contributed by atoms with Gasteiger partial charge in [-0.2, -0.15) is 23.5 Å². The van der Waals surface area contributed by atoms with Gasteiger partial charge in [-0.3, -0.25) is 0 Å². The van der Waals surface area contributed by atoms with Gasteiger partial charge in [-0.25, -0.2) is 19.5 Å². The SMILES string of the molecule is Cc1nn2cc([C@H](C)Nc3ncnc(N)c3C#N)c(-c3cccc(C(F)(F)F)c3)nc2c1Cl. The number of rotatable bonds is 4. The molecule has 4 aromatic rings. The fourth-order valence-corrected chi connectivity index (χ4v) is 3.53. The third-order valence-electron chi connectivity index (χ3n) is 5.01. The van der Waals surface area contributed by atoms with Gasteiger partial charge in [0.25, 0.3) is 0 Å². The Hall–Kier alpha value is -3.91. The topological polar surface area (TPSA) is 118 Å². The number of halogens is 4. The van der Waals surface area contributed by atoms with Gasteiger partial charge in [0.15, 0.2) is 5.65 Å². The quantitative estimate of drug-likeness (QED) is 0.438. The first-order valence-corrected chi connectivity index (χ1v) is 9.98. The first-order chi connectivity index (χ1) is 15.6. The van der Waals surface area contributed by atoms with Crippen LogP contribution in [0.4, 0.5) is 24.8 Å². The molecule has 0 aliphatic carbocycles. The summed E-state index contributed by atoms with van der Waals surface area (Å²) in [5, 5.41) is 17.1. The predicted molar refractivity (Wildman–Crippen MR) is 116 cm³/mol. The van der Waals surface area contributed by atoms with E-state index < -0.39 is 17.8 Å². The van der Waals surface area contributed by atoms with Crippen LogP contribution in [-0.2, 0) is 6.18 Å². The number of nitrogens with zero attached hydrogens (tertiary/aromatic N) is 6. The van der Waals surface area contributed by atoms with Crippen LogP contribution in [0, 0.1) is 18.3 Å². The standard InChI is InChI=1S/C21H16ClF3N8/c1-10(30-19-14(7-26)18(27)28-9-29-19)15-8-33-20(16(22)11(2)32-33)31-17(15)12-4-3-5-13(6-12)21(23,24)25/h3-6,8-10H,1-2H3,(H3,27,28,29,30)/t10-/m0/s1. The first-order valence-electron chi connectivity index (χ1n) is 9.60. The highest BCUT2D eigenvalue weighted by molar-refractivity contribution is 6.34. The zero-order valence-electron chi connectivity index (χ0n) is 17.3. The molecule has 0 saturated carbocycles. The summed E-state index contributed by atoms with van der Waals surface area (Å²) in [5.41, 5.74) is 6.85. The molecule has 4 rings (SSSR count). The minimum Gasteiger partial charge on any atom is -0.382 e. The fourth-order valence-electron chi connectivity index (χ4n) is 3.36. The highest BCUT2D eigenvalue weighted by atomic mass is 35.5. The summed E-state index contributed by atoms with van der Waals surface area (Å²) < 4.78 is 41.5. The molecule has 1 atom stereocenters. The number of nitrogens with one attached hydrogen (secondary N) is 1. The summed E-state index contributed by atoms with van der Waals surface area (Å²) in [4.78, 5) is 12.4. The van der Waals surface area contributed by atoms with Gasteiger partial charge in [-0.05, 0) is 26.0 Å². The van der Waals surface area contributed by atoms with E-state index >= 15 is 0 Å². The Morgan fingerprint density at radius 1 is 1.27 bits per heavy atom. The number of nitriles is 1. The second-order valence-corrected chi connectivity index (χ2v) is 7.63. The van der Waals surface area contributed by atoms with Crippen molar-refractivity contribution in [1.29, 1.82) is 5.26 Å². The molecule has 3 heterocycles. The number of aryl methyl sites for hydroxylation is 1. The third-order valence-corrected chi connectivity index (χ3v) is 5.46. The van der Waals surface area contributed by atoms with Crippen LogP contribution in [0.25, 0.3) is 16.9 Å². The molecule has 0 aliphatic heterocycles. The van der Waals surface area contributed by atoms with Crippen molar-refractivity contribution in [3.63, 3.8) is 0 Å². The fraction of sp³-hybridized carbons (Fsp3) is 0.190. The molecule has 0 saturated heterocycles. The molecule has 0 unspecified atom stereocenters. The number of nitrogens with two attached hydrogens (primary N) is 1. The van der Waals surface area contributed by atoms with Gasteiger partial charge in [-0.15, -0.1) is 0 Å². The Balaban J connectivity index is 1.89. The van der Waals surface area contributed by atoms with Crippen molar-refractivity contribution in [3.8, 4) is 17.3 Å². The van der Waals surface area contributed by atoms with E-state index in [1.165, 1.54) is 23.0 Å². The zero-order chi connectivity index (χ0) is 23.9. The maximum absolute atomic E-state index is 13.3. The highest BCUT2D eigenvalue weighted by Gasteiger charge is 2.31. The lowest BCUT2D eigenvalue weighted by Crippen LogP contribution is -2.14. The number of anilines is 2. The Morgan fingerprint density at radius 2 is 2.03 bits per heavy atom. The van der Waals surface area contributed by atoms with Crippen LogP contribution in [0.1, 0.15) is 35.3 Å². The van der Waals surface area contributed by atoms with Crippen LogP contribution in [0.5, 0.6) is 0 Å². The summed E-state index contributed by atoms with van der Waals surface area (Å²) in [7, 11) is 0. The summed E-state index contributed by atoms with van der Waals surface area (Å²) >= 11 is 6.32. The van der Waals surface area contributed by atoms with Crippen molar-refractivity contribution in [3.05, 3.63) is 64.2 Å². The van der Waals surface area contributed by atoms with Crippen molar-refractivity contribution in [2.45, 2.75) is 26.1 Å². The molecular weight excluding hydrogens is 457 g/mol. The predicted octanol–water partition coefficient (Wildman–Crippen LogP) is 4.79. The second-order valence-electron chi connectivity index (χ2n) is 7.25. The van der Waals surface area contributed by atoms with Crippen molar-refractivity contribution < 1.29 is 13.2 Å². The van der Waals surface area contributed by atoms with Crippen LogP contribution in [0.15, 0.2) is 36.8 Å². The van der Waals surface area contributed by atoms with E-state index in [4.69, 9.17) is 17.3 Å². The minimum atomic E-state index is -4.52. The van der Waals surface area contributed by atoms with E-state index in [2.05, 4.69) is 25.4 Å². The van der Waals surface area contributed by atoms with Gasteiger partial charge < -0.3 is 11.1 Å². The summed E-state index contributed by atoms with van der Waals surface area (Å²) in [6, 6.07) is 6.24. The Morgan fingerprint density at radius 3 is 2.73 bits per heavy atom. The van der Waals surface area contributed by atoms with E-state index in [-0.39, 0.29) is 28.5 Å². The maximum atomic E-state index is 13.3. The molecule has 3 N–H and O–H groups in total. The monoisotopic (exact) mass is 472 g/mol. The van der Waals surface area contributed by atoms with Gasteiger partial charge in [0.1, 0.15) is 34.6 Å². The lowest BCUT2D eigenvalue weighted by atomic mass is 10.00. The van der Waals surface area contributed by atoms with Crippen LogP contribution in [0.2, 0.25) is 5.02 Å². The average molecular weight is 473 g/mol. The highest BCUT2D eigenvalue weighted by Crippen LogP contribution is 2.35. The zero-order valence-corrected chi connectivity index (χ0v) is 18.1. The average Bonchev–Trinajstić information content (AvgIpc) is 3.05. The molecular formula is C21H16ClF3N8. The van der Waals surface area contributed by atoms with Gasteiger partial charge in [0.05, 0.1) is 23.0 Å². The number of hydrogen-bond acceptors (Lipinski definition) is 7. The molecule has 0 spiro atoms. The summed E-state index contributed by atoms with van der Waals surface area (Å²) in [6.07, 6.45) is -1.68. The molecule has 12 heteroatoms. The van der Waals surface area contributed by atoms with E-state index in [0.29, 0.717) is 21.9 Å². The lowest BCUT2D eigenvalue weighted by Gasteiger charge is -2.19. The summed E-state index contributed by atoms with van der Waals surface area (Å²) in [5.74, 6) is 0.186. The largest absolute Gasteiger partial charge is 0.416 e. The molecule has 33 heavy (non-hydrogen) atoms. The molecule has 168 valence electrons. The third kappa shape index (κ3) is 4.12. The number of benzene rings is 1. The van der Waals surface area contributed by atoms with Crippen LogP contribution in [-0.4, -0.2) is 24.6 Å². The Kier molecular flexibility index (Phi) is 5.55. The number of hydrogen-bond donors (Lipinski definition) is 2. The van der Waals surface area contributed by atoms with Crippen LogP contribution in [0.3, 0.4) is 0 Å². The molecule has 0 amide bonds. The van der Waals surface area contributed by atoms with Crippen LogP contribution < -0.4 is 11.1 Å². The molecule has 0 fully saturated rings. The Labute approximate surface area is 190 Å². The van der Waals surface area contributed by atoms with Gasteiger partial charge >= 0.3 is 6.18 Å². The van der Waals surface area contributed by atoms with E-state index in [0.717, 1.165) is 12.1 Å². The van der Waals surface area contributed by atoms with E-state index in [1.807, 2.05) is 6.07 Å². The smallest absolute Gasteiger partial charge is 0.382 e. The number of nitrogen functional groups attached to an aromatic ring is 1. The molecule has 0 aliphatic rings. The Bertz CT molecular complexity index is 1410. The van der Waals surface area contributed by atoms with Crippen molar-refractivity contribution in [2.24, 2.45) is 0 Å². The van der Waals surface area contributed by atoms with E-state index in [1.54, 1.807) is 20.0 Å². The molecule has 3 aromatic heterocycles. The lowest BCUT2D eigenvalue weighted by molar-refractivity contribution is -0.137. The van der Waals surface area contributed by atoms with Gasteiger partial charge in [0.2, 0.25) is 0 Å². The van der Waals surface area contributed by atoms with Crippen molar-refractivity contribution >= 4 is 28.9 Å². The number of alkyl halides is 3. The van der Waals surface area contributed by atoms with E-state index in [9.17, 15) is 18.4 Å². The van der Waals surface area contributed by atoms with Gasteiger partial charge in [0, 0.05) is 17.3 Å². The van der Waals surface area contributed by atoms with Crippen molar-refractivity contribution in [1.82, 2.24) is 24.6 Å². The molecule has 1 aromatic carbocycles. The normalized spacial score (nSPS) is 12.5. The second kappa shape index (κ2) is 8.22. The molecule has 0 bridgehead atoms.